The first-order valence-corrected chi connectivity index (χ1v) is 44.1. The van der Waals surface area contributed by atoms with Gasteiger partial charge < -0.3 is 144 Å². The first kappa shape index (κ1) is 109. The van der Waals surface area contributed by atoms with Crippen LogP contribution in [0.25, 0.3) is 21.9 Å². The quantitative estimate of drug-likeness (QED) is 0.0115. The van der Waals surface area contributed by atoms with Crippen molar-refractivity contribution in [3.63, 3.8) is 0 Å². The van der Waals surface area contributed by atoms with E-state index in [-0.39, 0.29) is 38.5 Å². The van der Waals surface area contributed by atoms with Crippen molar-refractivity contribution >= 4 is 51.1 Å². The molecular formula is C87H137F4N9O27. The molecule has 1 aliphatic rings. The Kier molecular flexibility index (Phi) is 64.0. The summed E-state index contributed by atoms with van der Waals surface area (Å²) < 4.78 is 193. The average Bonchev–Trinajstić information content (AvgIpc) is 1.63. The minimum absolute atomic E-state index is 0.0162. The SMILES string of the molecule is CCCCc1nc2c(N)nc3ccc(N4CCN(CCOCCOCCOCCOCCOCCOCCOCCOCCOCCOCCOCCOCCOCCOCCOCCOCCOCCOCCOCCOCCOCCOCCOCCOCCC(=O)Oc5c(F)c(F)cc(F)c5F)CC4)cc3c2n1CCCCNC(=O)Nc1cccc(C#N)c1. The molecule has 0 bridgehead atoms. The van der Waals surface area contributed by atoms with Gasteiger partial charge in [-0.3, -0.25) is 9.69 Å². The number of piperazine rings is 1. The average molecular weight is 1820 g/mol. The van der Waals surface area contributed by atoms with Crippen molar-refractivity contribution in [1.82, 2.24) is 24.8 Å². The number of benzene rings is 3. The highest BCUT2D eigenvalue weighted by Crippen LogP contribution is 2.33. The number of unbranched alkanes of at least 4 members (excludes halogenated alkanes) is 2. The van der Waals surface area contributed by atoms with Gasteiger partial charge in [0.25, 0.3) is 0 Å². The maximum Gasteiger partial charge on any atom is 0.319 e. The molecule has 0 atom stereocenters. The monoisotopic (exact) mass is 1820 g/mol. The van der Waals surface area contributed by atoms with Crippen LogP contribution in [0.5, 0.6) is 5.75 Å². The van der Waals surface area contributed by atoms with E-state index in [1.807, 2.05) is 0 Å². The van der Waals surface area contributed by atoms with Gasteiger partial charge in [0.1, 0.15) is 11.3 Å². The van der Waals surface area contributed by atoms with E-state index < -0.39 is 41.4 Å². The van der Waals surface area contributed by atoms with Crippen LogP contribution in [0, 0.1) is 34.6 Å². The number of carbonyl (C=O) groups is 2. The van der Waals surface area contributed by atoms with Crippen LogP contribution >= 0.6 is 0 Å². The summed E-state index contributed by atoms with van der Waals surface area (Å²) in [5, 5.41) is 16.0. The Labute approximate surface area is 743 Å². The minimum Gasteiger partial charge on any atom is -0.420 e. The van der Waals surface area contributed by atoms with E-state index in [1.54, 1.807) is 24.3 Å². The van der Waals surface area contributed by atoms with Crippen molar-refractivity contribution in [1.29, 1.82) is 5.26 Å². The number of imidazole rings is 1. The Morgan fingerprint density at radius 1 is 0.425 bits per heavy atom. The van der Waals surface area contributed by atoms with Gasteiger partial charge in [0.05, 0.1) is 346 Å². The molecule has 0 radical (unpaired) electrons. The molecule has 1 saturated heterocycles. The molecule has 5 aromatic rings. The van der Waals surface area contributed by atoms with Crippen molar-refractivity contribution < 1.29 is 146 Å². The van der Waals surface area contributed by atoms with E-state index in [0.29, 0.717) is 314 Å². The molecule has 0 saturated carbocycles. The second-order valence-electron chi connectivity index (χ2n) is 28.0. The Morgan fingerprint density at radius 3 is 1.15 bits per heavy atom. The second-order valence-corrected chi connectivity index (χ2v) is 28.0. The predicted octanol–water partition coefficient (Wildman–Crippen LogP) is 7.06. The number of ether oxygens (including phenoxy) is 25. The number of nitrogen functional groups attached to an aromatic ring is 1. The fraction of sp³-hybridized carbons (Fsp3) is 0.713. The fourth-order valence-corrected chi connectivity index (χ4v) is 11.9. The smallest absolute Gasteiger partial charge is 0.319 e. The molecule has 3 heterocycles. The Balaban J connectivity index is 0.557. The van der Waals surface area contributed by atoms with Crippen LogP contribution in [0.3, 0.4) is 0 Å². The van der Waals surface area contributed by atoms with Gasteiger partial charge in [-0.2, -0.15) is 14.0 Å². The number of nitrogens with one attached hydrogen (secondary N) is 2. The lowest BCUT2D eigenvalue weighted by Crippen LogP contribution is -2.47. The molecule has 0 spiro atoms. The van der Waals surface area contributed by atoms with Gasteiger partial charge in [-0.1, -0.05) is 19.4 Å². The highest BCUT2D eigenvalue weighted by molar-refractivity contribution is 6.07. The van der Waals surface area contributed by atoms with Crippen LogP contribution in [0.15, 0.2) is 48.5 Å². The van der Waals surface area contributed by atoms with Crippen molar-refractivity contribution in [3.05, 3.63) is 83.2 Å². The number of pyridine rings is 1. The maximum absolute atomic E-state index is 13.6. The zero-order valence-corrected chi connectivity index (χ0v) is 74.0. The Hall–Kier alpha value is -6.91. The lowest BCUT2D eigenvalue weighted by Gasteiger charge is -2.36. The number of nitrogens with zero attached hydrogens (tertiary/aromatic N) is 6. The van der Waals surface area contributed by atoms with Crippen LogP contribution < -0.4 is 26.0 Å². The van der Waals surface area contributed by atoms with E-state index >= 15 is 0 Å². The molecule has 1 aliphatic heterocycles. The van der Waals surface area contributed by atoms with Crippen LogP contribution in [-0.2, 0) is 131 Å². The normalized spacial score (nSPS) is 12.6. The molecule has 36 nitrogen and oxygen atoms in total. The second kappa shape index (κ2) is 74.7. The number of nitriles is 1. The molecule has 40 heteroatoms. The van der Waals surface area contributed by atoms with Crippen LogP contribution in [0.2, 0.25) is 0 Å². The molecule has 2 amide bonds. The molecule has 0 unspecified atom stereocenters. The topological polar surface area (TPSA) is 376 Å². The highest BCUT2D eigenvalue weighted by Gasteiger charge is 2.25. The summed E-state index contributed by atoms with van der Waals surface area (Å²) in [5.41, 5.74) is 11.4. The Morgan fingerprint density at radius 2 is 0.787 bits per heavy atom. The summed E-state index contributed by atoms with van der Waals surface area (Å²) >= 11 is 0. The lowest BCUT2D eigenvalue weighted by molar-refractivity contribution is -0.136. The van der Waals surface area contributed by atoms with Crippen molar-refractivity contribution in [2.45, 2.75) is 52.0 Å². The number of aryl methyl sites for hydroxylation is 2. The molecule has 4 N–H and O–H groups in total. The van der Waals surface area contributed by atoms with Gasteiger partial charge in [0, 0.05) is 75.1 Å². The summed E-state index contributed by atoms with van der Waals surface area (Å²) in [4.78, 5) is 39.0. The number of aromatic nitrogens is 3. The third-order valence-corrected chi connectivity index (χ3v) is 18.4. The van der Waals surface area contributed by atoms with Gasteiger partial charge in [0.2, 0.25) is 17.4 Å². The van der Waals surface area contributed by atoms with Crippen molar-refractivity contribution in [2.24, 2.45) is 0 Å². The Bertz CT molecular complexity index is 3620. The van der Waals surface area contributed by atoms with E-state index in [0.717, 1.165) is 105 Å². The highest BCUT2D eigenvalue weighted by atomic mass is 19.2. The molecule has 127 heavy (non-hydrogen) atoms. The zero-order chi connectivity index (χ0) is 90.0. The number of rotatable bonds is 86. The number of fused-ring (bicyclic) bond motifs is 3. The fourth-order valence-electron chi connectivity index (χ4n) is 11.9. The summed E-state index contributed by atoms with van der Waals surface area (Å²) in [6.07, 6.45) is 4.08. The molecule has 3 aromatic carbocycles. The van der Waals surface area contributed by atoms with Gasteiger partial charge in [0.15, 0.2) is 17.5 Å². The summed E-state index contributed by atoms with van der Waals surface area (Å²) in [5.74, 6) is -8.10. The number of halogens is 4. The number of carbonyl (C=O) groups excluding carboxylic acids is 2. The first-order valence-electron chi connectivity index (χ1n) is 44.1. The third-order valence-electron chi connectivity index (χ3n) is 18.4. The largest absolute Gasteiger partial charge is 0.420 e. The third kappa shape index (κ3) is 52.1. The van der Waals surface area contributed by atoms with Gasteiger partial charge >= 0.3 is 12.0 Å². The first-order chi connectivity index (χ1) is 62.6. The van der Waals surface area contributed by atoms with E-state index in [4.69, 9.17) is 129 Å². The molecular weight excluding hydrogens is 1680 g/mol. The van der Waals surface area contributed by atoms with E-state index in [2.05, 4.69) is 60.9 Å². The summed E-state index contributed by atoms with van der Waals surface area (Å²) in [6.45, 7) is 28.4. The standard InChI is InChI=1S/C87H137F4N9O27/c1-2-3-9-79-97-83-84(100(79)14-5-4-13-94-87(102)95-73-8-6-7-72(68-73)71-92)75-69-74(10-11-78(75)96-86(83)93)99-17-15-98(16-18-99)19-21-104-23-25-106-27-29-108-31-33-110-35-37-112-39-41-114-43-45-116-47-49-118-51-53-120-55-57-122-59-61-124-63-65-126-67-66-125-64-62-123-60-58-121-56-54-119-52-50-117-48-46-115-44-42-113-40-38-111-36-34-109-32-30-107-28-26-105-24-22-103-20-12-80(101)127-85-81(90)76(88)70-77(89)82(85)91/h6-8,10-11,68-70H,2-5,9,12-67H2,1H3,(H2,93,96)(H2,94,95,102). The van der Waals surface area contributed by atoms with Crippen LogP contribution in [-0.4, -0.2) is 388 Å². The molecule has 2 aromatic heterocycles. The number of esters is 1. The predicted molar refractivity (Wildman–Crippen MR) is 460 cm³/mol. The summed E-state index contributed by atoms with van der Waals surface area (Å²) in [6, 6.07) is 15.1. The number of hydrogen-bond acceptors (Lipinski definition) is 33. The summed E-state index contributed by atoms with van der Waals surface area (Å²) in [7, 11) is 0. The minimum atomic E-state index is -1.80. The number of hydrogen-bond donors (Lipinski definition) is 3. The number of amides is 2. The number of anilines is 3. The van der Waals surface area contributed by atoms with Crippen molar-refractivity contribution in [3.8, 4) is 11.8 Å². The van der Waals surface area contributed by atoms with E-state index in [1.165, 1.54) is 0 Å². The van der Waals surface area contributed by atoms with Gasteiger partial charge in [-0.15, -0.1) is 0 Å². The van der Waals surface area contributed by atoms with Crippen LogP contribution in [0.4, 0.5) is 39.5 Å². The van der Waals surface area contributed by atoms with Gasteiger partial charge in [-0.25, -0.2) is 23.5 Å². The van der Waals surface area contributed by atoms with E-state index in [9.17, 15) is 32.4 Å². The zero-order valence-electron chi connectivity index (χ0n) is 74.0. The van der Waals surface area contributed by atoms with Crippen LogP contribution in [0.1, 0.15) is 50.4 Å². The molecule has 720 valence electrons. The number of nitrogens with two attached hydrogens (primary N) is 1. The molecule has 0 aliphatic carbocycles. The lowest BCUT2D eigenvalue weighted by atomic mass is 10.1. The van der Waals surface area contributed by atoms with Crippen molar-refractivity contribution in [2.75, 3.05) is 372 Å². The number of urea groups is 1. The maximum atomic E-state index is 13.6. The molecule has 6 rings (SSSR count). The molecule has 1 fully saturated rings. The van der Waals surface area contributed by atoms with Gasteiger partial charge in [-0.05, 0) is 55.7 Å².